The number of ether oxygens (including phenoxy) is 3. The topological polar surface area (TPSA) is 39.7 Å². The molecule has 0 aromatic heterocycles. The molecule has 1 rings (SSSR count). The minimum absolute atomic E-state index is 0.121. The Morgan fingerprint density at radius 3 is 2.22 bits per heavy atom. The zero-order valence-corrected chi connectivity index (χ0v) is 11.6. The number of hydrogen-bond donors (Lipinski definition) is 1. The van der Waals surface area contributed by atoms with E-state index in [-0.39, 0.29) is 12.3 Å². The van der Waals surface area contributed by atoms with E-state index in [0.29, 0.717) is 6.61 Å². The van der Waals surface area contributed by atoms with Gasteiger partial charge >= 0.3 is 0 Å². The maximum atomic E-state index is 5.22. The van der Waals surface area contributed by atoms with Crippen molar-refractivity contribution in [3.05, 3.63) is 35.4 Å². The average molecular weight is 253 g/mol. The van der Waals surface area contributed by atoms with Gasteiger partial charge in [0.05, 0.1) is 12.6 Å². The molecule has 1 unspecified atom stereocenters. The van der Waals surface area contributed by atoms with Gasteiger partial charge in [-0.25, -0.2) is 0 Å². The fourth-order valence-electron chi connectivity index (χ4n) is 1.90. The molecule has 0 radical (unpaired) electrons. The monoisotopic (exact) mass is 253 g/mol. The summed E-state index contributed by atoms with van der Waals surface area (Å²) in [6, 6.07) is 8.35. The van der Waals surface area contributed by atoms with E-state index >= 15 is 0 Å². The van der Waals surface area contributed by atoms with Crippen molar-refractivity contribution in [3.8, 4) is 0 Å². The Morgan fingerprint density at radius 2 is 1.67 bits per heavy atom. The summed E-state index contributed by atoms with van der Waals surface area (Å²) in [5.74, 6) is 0. The van der Waals surface area contributed by atoms with Gasteiger partial charge in [-0.15, -0.1) is 0 Å². The van der Waals surface area contributed by atoms with Crippen molar-refractivity contribution in [2.45, 2.75) is 32.4 Å². The second-order valence-electron chi connectivity index (χ2n) is 4.21. The van der Waals surface area contributed by atoms with Crippen molar-refractivity contribution in [2.24, 2.45) is 0 Å². The molecule has 102 valence electrons. The molecule has 0 fully saturated rings. The molecule has 0 aliphatic carbocycles. The molecule has 0 aliphatic heterocycles. The molecule has 4 nitrogen and oxygen atoms in total. The molecule has 0 amide bonds. The van der Waals surface area contributed by atoms with Gasteiger partial charge < -0.3 is 19.5 Å². The van der Waals surface area contributed by atoms with Crippen molar-refractivity contribution >= 4 is 0 Å². The Hall–Kier alpha value is -0.940. The SMILES string of the molecule is COCc1ccccc1CNC(C)C(OC)OC. The van der Waals surface area contributed by atoms with E-state index in [0.717, 1.165) is 6.54 Å². The van der Waals surface area contributed by atoms with Gasteiger partial charge in [0, 0.05) is 27.9 Å². The van der Waals surface area contributed by atoms with Gasteiger partial charge in [-0.1, -0.05) is 24.3 Å². The Labute approximate surface area is 109 Å². The summed E-state index contributed by atoms with van der Waals surface area (Å²) in [5, 5.41) is 3.39. The number of methoxy groups -OCH3 is 3. The van der Waals surface area contributed by atoms with E-state index in [1.54, 1.807) is 21.3 Å². The number of rotatable bonds is 8. The molecule has 18 heavy (non-hydrogen) atoms. The highest BCUT2D eigenvalue weighted by Gasteiger charge is 2.15. The second-order valence-corrected chi connectivity index (χ2v) is 4.21. The molecule has 0 saturated carbocycles. The molecule has 1 N–H and O–H groups in total. The number of hydrogen-bond acceptors (Lipinski definition) is 4. The van der Waals surface area contributed by atoms with Crippen LogP contribution in [0.5, 0.6) is 0 Å². The van der Waals surface area contributed by atoms with Crippen molar-refractivity contribution in [2.75, 3.05) is 21.3 Å². The molecule has 4 heteroatoms. The minimum atomic E-state index is -0.236. The first-order valence-corrected chi connectivity index (χ1v) is 6.07. The predicted octanol–water partition coefficient (Wildman–Crippen LogP) is 1.93. The maximum absolute atomic E-state index is 5.22. The Kier molecular flexibility index (Phi) is 6.90. The van der Waals surface area contributed by atoms with Crippen LogP contribution in [0.1, 0.15) is 18.1 Å². The van der Waals surface area contributed by atoms with E-state index in [1.165, 1.54) is 11.1 Å². The number of nitrogens with one attached hydrogen (secondary N) is 1. The highest BCUT2D eigenvalue weighted by Crippen LogP contribution is 2.10. The summed E-state index contributed by atoms with van der Waals surface area (Å²) in [6.07, 6.45) is -0.236. The fraction of sp³-hybridized carbons (Fsp3) is 0.571. The predicted molar refractivity (Wildman–Crippen MR) is 71.3 cm³/mol. The van der Waals surface area contributed by atoms with E-state index in [1.807, 2.05) is 19.1 Å². The molecule has 1 aromatic rings. The van der Waals surface area contributed by atoms with Gasteiger partial charge in [-0.05, 0) is 18.1 Å². The highest BCUT2D eigenvalue weighted by atomic mass is 16.7. The first kappa shape index (κ1) is 15.1. The van der Waals surface area contributed by atoms with Crippen molar-refractivity contribution in [3.63, 3.8) is 0 Å². The molecule has 0 bridgehead atoms. The minimum Gasteiger partial charge on any atom is -0.380 e. The maximum Gasteiger partial charge on any atom is 0.171 e. The van der Waals surface area contributed by atoms with Crippen LogP contribution in [0.3, 0.4) is 0 Å². The lowest BCUT2D eigenvalue weighted by Crippen LogP contribution is -2.39. The van der Waals surface area contributed by atoms with Crippen molar-refractivity contribution in [1.82, 2.24) is 5.32 Å². The molecular formula is C14H23NO3. The summed E-state index contributed by atoms with van der Waals surface area (Å²) in [4.78, 5) is 0. The first-order chi connectivity index (χ1) is 8.72. The second kappa shape index (κ2) is 8.21. The lowest BCUT2D eigenvalue weighted by atomic mass is 10.1. The normalized spacial score (nSPS) is 12.9. The van der Waals surface area contributed by atoms with Crippen LogP contribution in [-0.2, 0) is 27.4 Å². The third-order valence-corrected chi connectivity index (χ3v) is 2.91. The van der Waals surface area contributed by atoms with Crippen molar-refractivity contribution in [1.29, 1.82) is 0 Å². The lowest BCUT2D eigenvalue weighted by Gasteiger charge is -2.22. The highest BCUT2D eigenvalue weighted by molar-refractivity contribution is 5.26. The van der Waals surface area contributed by atoms with Gasteiger partial charge in [0.25, 0.3) is 0 Å². The summed E-state index contributed by atoms with van der Waals surface area (Å²) >= 11 is 0. The van der Waals surface area contributed by atoms with Crippen LogP contribution in [0, 0.1) is 0 Å². The zero-order chi connectivity index (χ0) is 13.4. The molecule has 1 aromatic carbocycles. The third kappa shape index (κ3) is 4.38. The Morgan fingerprint density at radius 1 is 1.06 bits per heavy atom. The average Bonchev–Trinajstić information content (AvgIpc) is 2.39. The quantitative estimate of drug-likeness (QED) is 0.719. The molecule has 0 aliphatic rings. The molecule has 0 saturated heterocycles. The number of benzene rings is 1. The fourth-order valence-corrected chi connectivity index (χ4v) is 1.90. The largest absolute Gasteiger partial charge is 0.380 e. The Balaban J connectivity index is 2.57. The van der Waals surface area contributed by atoms with E-state index in [9.17, 15) is 0 Å². The van der Waals surface area contributed by atoms with Crippen LogP contribution >= 0.6 is 0 Å². The molecule has 0 spiro atoms. The zero-order valence-electron chi connectivity index (χ0n) is 11.6. The van der Waals surface area contributed by atoms with Crippen LogP contribution in [0.4, 0.5) is 0 Å². The smallest absolute Gasteiger partial charge is 0.171 e. The van der Waals surface area contributed by atoms with Crippen LogP contribution in [0.15, 0.2) is 24.3 Å². The van der Waals surface area contributed by atoms with Gasteiger partial charge in [-0.3, -0.25) is 0 Å². The summed E-state index contributed by atoms with van der Waals surface area (Å²) < 4.78 is 15.6. The molecule has 1 atom stereocenters. The van der Waals surface area contributed by atoms with Crippen molar-refractivity contribution < 1.29 is 14.2 Å². The van der Waals surface area contributed by atoms with Gasteiger partial charge in [-0.2, -0.15) is 0 Å². The van der Waals surface area contributed by atoms with Crippen LogP contribution in [0.25, 0.3) is 0 Å². The van der Waals surface area contributed by atoms with Gasteiger partial charge in [0.15, 0.2) is 6.29 Å². The summed E-state index contributed by atoms with van der Waals surface area (Å²) in [5.41, 5.74) is 2.43. The molecule has 0 heterocycles. The van der Waals surface area contributed by atoms with Gasteiger partial charge in [0.2, 0.25) is 0 Å². The Bertz CT molecular complexity index is 340. The van der Waals surface area contributed by atoms with Gasteiger partial charge in [0.1, 0.15) is 0 Å². The summed E-state index contributed by atoms with van der Waals surface area (Å²) in [6.45, 7) is 3.44. The van der Waals surface area contributed by atoms with Crippen LogP contribution in [0.2, 0.25) is 0 Å². The molecular weight excluding hydrogens is 230 g/mol. The van der Waals surface area contributed by atoms with E-state index in [4.69, 9.17) is 14.2 Å². The van der Waals surface area contributed by atoms with Crippen LogP contribution < -0.4 is 5.32 Å². The summed E-state index contributed by atoms with van der Waals surface area (Å²) in [7, 11) is 5.00. The standard InChI is InChI=1S/C14H23NO3/c1-11(14(17-3)18-4)15-9-12-7-5-6-8-13(12)10-16-2/h5-8,11,14-15H,9-10H2,1-4H3. The third-order valence-electron chi connectivity index (χ3n) is 2.91. The van der Waals surface area contributed by atoms with E-state index in [2.05, 4.69) is 17.4 Å². The first-order valence-electron chi connectivity index (χ1n) is 6.07. The lowest BCUT2D eigenvalue weighted by molar-refractivity contribution is -0.119. The van der Waals surface area contributed by atoms with Crippen LogP contribution in [-0.4, -0.2) is 33.7 Å². The van der Waals surface area contributed by atoms with E-state index < -0.39 is 0 Å².